The summed E-state index contributed by atoms with van der Waals surface area (Å²) in [7, 11) is 0. The lowest BCUT2D eigenvalue weighted by atomic mass is 10.0. The molecule has 0 unspecified atom stereocenters. The molecule has 0 aliphatic rings. The minimum atomic E-state index is 0.632. The molecule has 33 heavy (non-hydrogen) atoms. The summed E-state index contributed by atoms with van der Waals surface area (Å²) >= 11 is 0. The van der Waals surface area contributed by atoms with Crippen LogP contribution in [-0.2, 0) is 6.54 Å². The molecule has 0 aliphatic heterocycles. The Kier molecular flexibility index (Phi) is 6.75. The van der Waals surface area contributed by atoms with Gasteiger partial charge in [-0.05, 0) is 72.4 Å². The van der Waals surface area contributed by atoms with Gasteiger partial charge in [-0.15, -0.1) is 0 Å². The van der Waals surface area contributed by atoms with E-state index in [0.717, 1.165) is 28.0 Å². The lowest BCUT2D eigenvalue weighted by Crippen LogP contribution is -2.05. The lowest BCUT2D eigenvalue weighted by Gasteiger charge is -2.12. The molecule has 4 nitrogen and oxygen atoms in total. The molecule has 4 aromatic rings. The summed E-state index contributed by atoms with van der Waals surface area (Å²) < 4.78 is 0. The summed E-state index contributed by atoms with van der Waals surface area (Å²) in [5, 5.41) is 11.4. The number of nitrogens with one attached hydrogen (secondary N) is 2. The molecule has 0 amide bonds. The number of nitrogens with zero attached hydrogens (tertiary/aromatic N) is 2. The molecule has 2 aromatic carbocycles. The number of allylic oxidation sites excluding steroid dienone is 1. The fourth-order valence-electron chi connectivity index (χ4n) is 3.84. The van der Waals surface area contributed by atoms with Gasteiger partial charge in [0.25, 0.3) is 0 Å². The van der Waals surface area contributed by atoms with Gasteiger partial charge in [-0.1, -0.05) is 60.2 Å². The van der Waals surface area contributed by atoms with Gasteiger partial charge in [-0.3, -0.25) is 4.98 Å². The third-order valence-electron chi connectivity index (χ3n) is 5.66. The van der Waals surface area contributed by atoms with Gasteiger partial charge in [0.05, 0.1) is 0 Å². The second-order valence-corrected chi connectivity index (χ2v) is 8.24. The van der Waals surface area contributed by atoms with E-state index in [1.807, 2.05) is 25.3 Å². The molecule has 0 spiro atoms. The van der Waals surface area contributed by atoms with Crippen molar-refractivity contribution in [3.8, 4) is 11.1 Å². The first-order valence-electron chi connectivity index (χ1n) is 11.0. The third kappa shape index (κ3) is 5.42. The van der Waals surface area contributed by atoms with E-state index >= 15 is 0 Å². The molecule has 2 N–H and O–H groups in total. The third-order valence-corrected chi connectivity index (χ3v) is 5.66. The van der Waals surface area contributed by atoms with Crippen LogP contribution in [0.1, 0.15) is 40.4 Å². The monoisotopic (exact) mass is 432 g/mol. The van der Waals surface area contributed by atoms with Gasteiger partial charge in [0.15, 0.2) is 0 Å². The maximum Gasteiger partial charge on any atom is 0.135 e. The molecule has 0 fully saturated rings. The van der Waals surface area contributed by atoms with Crippen LogP contribution in [0, 0.1) is 19.3 Å². The number of aromatic nitrogens is 2. The number of hydrogen-bond donors (Lipinski definition) is 2. The minimum Gasteiger partial charge on any atom is -0.365 e. The van der Waals surface area contributed by atoms with Crippen LogP contribution in [0.5, 0.6) is 0 Å². The maximum atomic E-state index is 7.99. The van der Waals surface area contributed by atoms with Gasteiger partial charge in [0.2, 0.25) is 0 Å². The molecular weight excluding hydrogens is 404 g/mol. The predicted octanol–water partition coefficient (Wildman–Crippen LogP) is 6.93. The van der Waals surface area contributed by atoms with E-state index in [2.05, 4.69) is 89.8 Å². The zero-order chi connectivity index (χ0) is 23.2. The molecule has 0 saturated carbocycles. The largest absolute Gasteiger partial charge is 0.365 e. The summed E-state index contributed by atoms with van der Waals surface area (Å²) in [5.74, 6) is 0.713. The first kappa shape index (κ1) is 22.2. The topological polar surface area (TPSA) is 61.7 Å². The number of anilines is 1. The average Bonchev–Trinajstić information content (AvgIpc) is 2.83. The van der Waals surface area contributed by atoms with E-state index in [9.17, 15) is 0 Å². The Bertz CT molecular complexity index is 1300. The fourth-order valence-corrected chi connectivity index (χ4v) is 3.84. The number of hydrogen-bond acceptors (Lipinski definition) is 4. The Morgan fingerprint density at radius 3 is 2.42 bits per heavy atom. The number of pyridine rings is 2. The van der Waals surface area contributed by atoms with Crippen molar-refractivity contribution in [3.63, 3.8) is 0 Å². The Morgan fingerprint density at radius 1 is 0.909 bits per heavy atom. The van der Waals surface area contributed by atoms with Crippen molar-refractivity contribution in [2.45, 2.75) is 27.3 Å². The van der Waals surface area contributed by atoms with Crippen LogP contribution in [0.4, 0.5) is 5.82 Å². The summed E-state index contributed by atoms with van der Waals surface area (Å²) in [6.45, 7) is 6.83. The van der Waals surface area contributed by atoms with Gasteiger partial charge in [0.1, 0.15) is 5.82 Å². The van der Waals surface area contributed by atoms with Crippen molar-refractivity contribution in [3.05, 3.63) is 113 Å². The van der Waals surface area contributed by atoms with Gasteiger partial charge in [-0.25, -0.2) is 4.98 Å². The smallest absolute Gasteiger partial charge is 0.135 e. The van der Waals surface area contributed by atoms with Crippen molar-refractivity contribution in [1.29, 1.82) is 5.41 Å². The maximum absolute atomic E-state index is 7.99. The van der Waals surface area contributed by atoms with Crippen LogP contribution in [0.2, 0.25) is 0 Å². The summed E-state index contributed by atoms with van der Waals surface area (Å²) in [4.78, 5) is 8.76. The SMILES string of the molecule is C/C(=C\c1ccnc(NCc2ccc(-c3ccnc(C)c3)cc2)c1C=N)c1cccc(C)c1. The van der Waals surface area contributed by atoms with Crippen LogP contribution in [0.3, 0.4) is 0 Å². The first-order valence-corrected chi connectivity index (χ1v) is 11.0. The molecule has 0 bridgehead atoms. The highest BCUT2D eigenvalue weighted by molar-refractivity contribution is 5.93. The molecular formula is C29H28N4. The quantitative estimate of drug-likeness (QED) is 0.311. The van der Waals surface area contributed by atoms with E-state index in [1.165, 1.54) is 28.5 Å². The van der Waals surface area contributed by atoms with Gasteiger partial charge in [0, 0.05) is 36.4 Å². The van der Waals surface area contributed by atoms with E-state index in [1.54, 1.807) is 6.20 Å². The van der Waals surface area contributed by atoms with E-state index < -0.39 is 0 Å². The molecule has 2 aromatic heterocycles. The number of aryl methyl sites for hydroxylation is 2. The number of rotatable bonds is 7. The lowest BCUT2D eigenvalue weighted by molar-refractivity contribution is 1.11. The summed E-state index contributed by atoms with van der Waals surface area (Å²) in [5.41, 5.74) is 9.82. The Labute approximate surface area is 195 Å². The normalized spacial score (nSPS) is 11.3. The highest BCUT2D eigenvalue weighted by Gasteiger charge is 2.08. The Morgan fingerprint density at radius 2 is 1.70 bits per heavy atom. The van der Waals surface area contributed by atoms with Crippen molar-refractivity contribution in [2.24, 2.45) is 0 Å². The molecule has 0 saturated heterocycles. The van der Waals surface area contributed by atoms with Crippen LogP contribution >= 0.6 is 0 Å². The second kappa shape index (κ2) is 10.0. The molecule has 4 heteroatoms. The van der Waals surface area contributed by atoms with Crippen LogP contribution in [0.25, 0.3) is 22.8 Å². The van der Waals surface area contributed by atoms with Gasteiger partial charge in [-0.2, -0.15) is 0 Å². The molecule has 164 valence electrons. The number of benzene rings is 2. The van der Waals surface area contributed by atoms with Crippen molar-refractivity contribution < 1.29 is 0 Å². The molecule has 0 aliphatic carbocycles. The van der Waals surface area contributed by atoms with E-state index in [-0.39, 0.29) is 0 Å². The zero-order valence-electron chi connectivity index (χ0n) is 19.3. The van der Waals surface area contributed by atoms with Crippen LogP contribution < -0.4 is 5.32 Å². The van der Waals surface area contributed by atoms with Gasteiger partial charge >= 0.3 is 0 Å². The van der Waals surface area contributed by atoms with Crippen LogP contribution in [-0.4, -0.2) is 16.2 Å². The Hall–Kier alpha value is -4.05. The molecule has 4 rings (SSSR count). The molecule has 0 atom stereocenters. The summed E-state index contributed by atoms with van der Waals surface area (Å²) in [6.07, 6.45) is 7.12. The van der Waals surface area contributed by atoms with Crippen LogP contribution in [0.15, 0.2) is 79.1 Å². The van der Waals surface area contributed by atoms with Gasteiger partial charge < -0.3 is 10.7 Å². The second-order valence-electron chi connectivity index (χ2n) is 8.24. The highest BCUT2D eigenvalue weighted by Crippen LogP contribution is 2.24. The Balaban J connectivity index is 1.52. The van der Waals surface area contributed by atoms with Crippen molar-refractivity contribution in [2.75, 3.05) is 5.32 Å². The molecule has 0 radical (unpaired) electrons. The van der Waals surface area contributed by atoms with E-state index in [0.29, 0.717) is 12.4 Å². The first-order chi connectivity index (χ1) is 16.0. The minimum absolute atomic E-state index is 0.632. The van der Waals surface area contributed by atoms with E-state index in [4.69, 9.17) is 5.41 Å². The fraction of sp³-hybridized carbons (Fsp3) is 0.138. The predicted molar refractivity (Wildman–Crippen MR) is 139 cm³/mol. The van der Waals surface area contributed by atoms with Crippen molar-refractivity contribution >= 4 is 23.7 Å². The zero-order valence-corrected chi connectivity index (χ0v) is 19.3. The standard InChI is InChI=1S/C29H28N4/c1-20-5-4-6-25(15-20)21(2)16-27-12-14-32-29(28(27)18-30)33-19-23-7-9-24(10-8-23)26-11-13-31-22(3)17-26/h4-18,30H,19H2,1-3H3,(H,32,33)/b21-16+,30-18?. The summed E-state index contributed by atoms with van der Waals surface area (Å²) in [6, 6.07) is 23.0. The molecule has 2 heterocycles. The average molecular weight is 433 g/mol. The van der Waals surface area contributed by atoms with Crippen molar-refractivity contribution in [1.82, 2.24) is 9.97 Å². The highest BCUT2D eigenvalue weighted by atomic mass is 15.0.